The van der Waals surface area contributed by atoms with Crippen LogP contribution in [-0.2, 0) is 4.79 Å². The van der Waals surface area contributed by atoms with Gasteiger partial charge in [0.1, 0.15) is 11.3 Å². The molecule has 180 valence electrons. The summed E-state index contributed by atoms with van der Waals surface area (Å²) in [5.41, 5.74) is 2.07. The van der Waals surface area contributed by atoms with Gasteiger partial charge in [-0.25, -0.2) is 0 Å². The fraction of sp³-hybridized carbons (Fsp3) is 0.185. The standard InChI is InChI=1S/C27H25NO7/c1-16-5-11-20-22(13-16)35-26(17-6-12-21(32-3)23(14-17)33-4)27(25(20)30)34-15-24(29)28-18-7-9-19(31-2)10-8-18/h5-14H,15H2,1-4H3,(H,28,29). The second-order valence-electron chi connectivity index (χ2n) is 7.72. The molecule has 1 heterocycles. The first kappa shape index (κ1) is 23.7. The maximum Gasteiger partial charge on any atom is 0.262 e. The van der Waals surface area contributed by atoms with Gasteiger partial charge in [-0.05, 0) is 67.1 Å². The van der Waals surface area contributed by atoms with Crippen LogP contribution in [0.3, 0.4) is 0 Å². The first-order chi connectivity index (χ1) is 16.9. The quantitative estimate of drug-likeness (QED) is 0.391. The van der Waals surface area contributed by atoms with E-state index >= 15 is 0 Å². The van der Waals surface area contributed by atoms with Gasteiger partial charge < -0.3 is 28.7 Å². The Hall–Kier alpha value is -4.46. The molecule has 0 fully saturated rings. The second-order valence-corrected chi connectivity index (χ2v) is 7.72. The lowest BCUT2D eigenvalue weighted by atomic mass is 10.1. The van der Waals surface area contributed by atoms with Gasteiger partial charge >= 0.3 is 0 Å². The fourth-order valence-corrected chi connectivity index (χ4v) is 3.59. The number of nitrogens with one attached hydrogen (secondary N) is 1. The zero-order chi connectivity index (χ0) is 24.9. The third-order valence-corrected chi connectivity index (χ3v) is 5.37. The van der Waals surface area contributed by atoms with Gasteiger partial charge in [0.05, 0.1) is 26.7 Å². The Morgan fingerprint density at radius 2 is 1.63 bits per heavy atom. The van der Waals surface area contributed by atoms with Crippen molar-refractivity contribution in [3.8, 4) is 34.3 Å². The average Bonchev–Trinajstić information content (AvgIpc) is 2.87. The van der Waals surface area contributed by atoms with Crippen molar-refractivity contribution in [1.29, 1.82) is 0 Å². The lowest BCUT2D eigenvalue weighted by Crippen LogP contribution is -2.22. The number of benzene rings is 3. The molecular formula is C27H25NO7. The highest BCUT2D eigenvalue weighted by Gasteiger charge is 2.20. The third kappa shape index (κ3) is 5.06. The predicted octanol–water partition coefficient (Wildman–Crippen LogP) is 4.81. The van der Waals surface area contributed by atoms with Crippen molar-refractivity contribution in [2.24, 2.45) is 0 Å². The Morgan fingerprint density at radius 3 is 2.31 bits per heavy atom. The molecule has 0 bridgehead atoms. The molecule has 8 nitrogen and oxygen atoms in total. The minimum absolute atomic E-state index is 0.0709. The molecule has 0 atom stereocenters. The molecule has 4 aromatic rings. The Labute approximate surface area is 202 Å². The summed E-state index contributed by atoms with van der Waals surface area (Å²) in [6, 6.07) is 17.3. The molecule has 4 rings (SSSR count). The molecule has 0 spiro atoms. The van der Waals surface area contributed by atoms with E-state index < -0.39 is 12.5 Å². The lowest BCUT2D eigenvalue weighted by Gasteiger charge is -2.14. The molecular weight excluding hydrogens is 450 g/mol. The Balaban J connectivity index is 1.70. The van der Waals surface area contributed by atoms with Crippen LogP contribution in [0.5, 0.6) is 23.0 Å². The van der Waals surface area contributed by atoms with Crippen molar-refractivity contribution in [2.75, 3.05) is 33.3 Å². The van der Waals surface area contributed by atoms with Crippen molar-refractivity contribution < 1.29 is 28.2 Å². The van der Waals surface area contributed by atoms with Gasteiger partial charge in [0.15, 0.2) is 23.9 Å². The fourth-order valence-electron chi connectivity index (χ4n) is 3.59. The summed E-state index contributed by atoms with van der Waals surface area (Å²) in [6.07, 6.45) is 0. The van der Waals surface area contributed by atoms with E-state index in [0.717, 1.165) is 5.56 Å². The summed E-state index contributed by atoms with van der Waals surface area (Å²) >= 11 is 0. The average molecular weight is 475 g/mol. The molecule has 1 amide bonds. The normalized spacial score (nSPS) is 10.6. The number of methoxy groups -OCH3 is 3. The monoisotopic (exact) mass is 475 g/mol. The van der Waals surface area contributed by atoms with Crippen LogP contribution in [-0.4, -0.2) is 33.8 Å². The van der Waals surface area contributed by atoms with Crippen LogP contribution in [0.2, 0.25) is 0 Å². The van der Waals surface area contributed by atoms with E-state index in [1.54, 1.807) is 61.7 Å². The van der Waals surface area contributed by atoms with Crippen LogP contribution in [0.25, 0.3) is 22.3 Å². The number of carbonyl (C=O) groups excluding carboxylic acids is 1. The van der Waals surface area contributed by atoms with Gasteiger partial charge in [-0.1, -0.05) is 6.07 Å². The molecule has 0 aliphatic rings. The summed E-state index contributed by atoms with van der Waals surface area (Å²) in [6.45, 7) is 1.51. The SMILES string of the molecule is COc1ccc(NC(=O)COc2c(-c3ccc(OC)c(OC)c3)oc3cc(C)ccc3c2=O)cc1. The first-order valence-corrected chi connectivity index (χ1v) is 10.8. The van der Waals surface area contributed by atoms with E-state index in [2.05, 4.69) is 5.32 Å². The zero-order valence-corrected chi connectivity index (χ0v) is 19.8. The molecule has 3 aromatic carbocycles. The molecule has 1 aromatic heterocycles. The van der Waals surface area contributed by atoms with Crippen molar-refractivity contribution in [2.45, 2.75) is 6.92 Å². The number of aryl methyl sites for hydroxylation is 1. The number of anilines is 1. The molecule has 1 N–H and O–H groups in total. The summed E-state index contributed by atoms with van der Waals surface area (Å²) in [5.74, 6) is 1.33. The third-order valence-electron chi connectivity index (χ3n) is 5.37. The molecule has 8 heteroatoms. The van der Waals surface area contributed by atoms with Gasteiger partial charge in [-0.15, -0.1) is 0 Å². The van der Waals surface area contributed by atoms with E-state index in [1.807, 2.05) is 13.0 Å². The Morgan fingerprint density at radius 1 is 0.886 bits per heavy atom. The minimum Gasteiger partial charge on any atom is -0.497 e. The summed E-state index contributed by atoms with van der Waals surface area (Å²) in [5, 5.41) is 3.08. The first-order valence-electron chi connectivity index (χ1n) is 10.8. The van der Waals surface area contributed by atoms with Crippen molar-refractivity contribution >= 4 is 22.6 Å². The predicted molar refractivity (Wildman–Crippen MR) is 133 cm³/mol. The van der Waals surface area contributed by atoms with Crippen LogP contribution < -0.4 is 29.7 Å². The maximum absolute atomic E-state index is 13.4. The van der Waals surface area contributed by atoms with E-state index in [4.69, 9.17) is 23.4 Å². The molecule has 0 saturated heterocycles. The van der Waals surface area contributed by atoms with Crippen molar-refractivity contribution in [1.82, 2.24) is 0 Å². The topological polar surface area (TPSA) is 96.2 Å². The van der Waals surface area contributed by atoms with Crippen LogP contribution in [0.4, 0.5) is 5.69 Å². The highest BCUT2D eigenvalue weighted by Crippen LogP contribution is 2.36. The summed E-state index contributed by atoms with van der Waals surface area (Å²) in [4.78, 5) is 25.9. The summed E-state index contributed by atoms with van der Waals surface area (Å²) in [7, 11) is 4.61. The summed E-state index contributed by atoms with van der Waals surface area (Å²) < 4.78 is 27.7. The van der Waals surface area contributed by atoms with Crippen LogP contribution in [0, 0.1) is 6.92 Å². The minimum atomic E-state index is -0.433. The van der Waals surface area contributed by atoms with Gasteiger partial charge in [0.25, 0.3) is 5.91 Å². The Kier molecular flexibility index (Phi) is 6.91. The van der Waals surface area contributed by atoms with Gasteiger partial charge in [-0.2, -0.15) is 0 Å². The van der Waals surface area contributed by atoms with Crippen LogP contribution in [0.15, 0.2) is 69.9 Å². The zero-order valence-electron chi connectivity index (χ0n) is 19.8. The van der Waals surface area contributed by atoms with E-state index in [0.29, 0.717) is 39.5 Å². The van der Waals surface area contributed by atoms with Crippen molar-refractivity contribution in [3.05, 3.63) is 76.5 Å². The van der Waals surface area contributed by atoms with Gasteiger partial charge in [0.2, 0.25) is 11.2 Å². The molecule has 0 saturated carbocycles. The number of hydrogen-bond donors (Lipinski definition) is 1. The molecule has 0 aliphatic heterocycles. The molecule has 0 radical (unpaired) electrons. The van der Waals surface area contributed by atoms with E-state index in [-0.39, 0.29) is 16.9 Å². The van der Waals surface area contributed by atoms with Gasteiger partial charge in [0, 0.05) is 11.3 Å². The number of rotatable bonds is 8. The Bertz CT molecular complexity index is 1420. The molecule has 0 aliphatic carbocycles. The van der Waals surface area contributed by atoms with Crippen LogP contribution >= 0.6 is 0 Å². The number of hydrogen-bond acceptors (Lipinski definition) is 7. The second kappa shape index (κ2) is 10.2. The van der Waals surface area contributed by atoms with E-state index in [1.165, 1.54) is 14.2 Å². The number of fused-ring (bicyclic) bond motifs is 1. The van der Waals surface area contributed by atoms with Crippen molar-refractivity contribution in [3.63, 3.8) is 0 Å². The van der Waals surface area contributed by atoms with Gasteiger partial charge in [-0.3, -0.25) is 9.59 Å². The van der Waals surface area contributed by atoms with E-state index in [9.17, 15) is 9.59 Å². The number of amides is 1. The largest absolute Gasteiger partial charge is 0.497 e. The molecule has 0 unspecified atom stereocenters. The maximum atomic E-state index is 13.4. The molecule has 35 heavy (non-hydrogen) atoms. The van der Waals surface area contributed by atoms with Crippen LogP contribution in [0.1, 0.15) is 5.56 Å². The lowest BCUT2D eigenvalue weighted by molar-refractivity contribution is -0.118. The highest BCUT2D eigenvalue weighted by atomic mass is 16.5. The highest BCUT2D eigenvalue weighted by molar-refractivity contribution is 5.92. The number of carbonyl (C=O) groups is 1. The number of ether oxygens (including phenoxy) is 4. The smallest absolute Gasteiger partial charge is 0.262 e.